The number of rotatable bonds is 7. The number of amides is 1. The normalized spacial score (nSPS) is 11.0. The lowest BCUT2D eigenvalue weighted by atomic mass is 9.79. The molecule has 0 aromatic heterocycles. The second kappa shape index (κ2) is 7.45. The van der Waals surface area contributed by atoms with Crippen molar-refractivity contribution in [3.63, 3.8) is 0 Å². The molecule has 0 spiro atoms. The number of halogens is 1. The second-order valence-corrected chi connectivity index (χ2v) is 5.72. The summed E-state index contributed by atoms with van der Waals surface area (Å²) in [6, 6.07) is 5.16. The summed E-state index contributed by atoms with van der Waals surface area (Å²) in [6.45, 7) is 3.57. The van der Waals surface area contributed by atoms with Crippen LogP contribution in [0.5, 0.6) is 5.75 Å². The number of hydrogen-bond donors (Lipinski definition) is 2. The number of aliphatic carboxylic acids is 1. The van der Waals surface area contributed by atoms with Crippen LogP contribution in [0.25, 0.3) is 0 Å². The molecule has 1 amide bonds. The predicted molar refractivity (Wildman–Crippen MR) is 84.6 cm³/mol. The van der Waals surface area contributed by atoms with Gasteiger partial charge in [0.25, 0.3) is 0 Å². The van der Waals surface area contributed by atoms with Gasteiger partial charge in [-0.25, -0.2) is 0 Å². The number of hydrogen-bond acceptors (Lipinski definition) is 3. The van der Waals surface area contributed by atoms with Gasteiger partial charge in [-0.05, 0) is 47.0 Å². The first kappa shape index (κ1) is 17.5. The van der Waals surface area contributed by atoms with Crippen molar-refractivity contribution < 1.29 is 19.4 Å². The van der Waals surface area contributed by atoms with Crippen LogP contribution in [0.1, 0.15) is 33.1 Å². The molecule has 1 rings (SSSR count). The monoisotopic (exact) mass is 357 g/mol. The molecule has 0 fully saturated rings. The van der Waals surface area contributed by atoms with E-state index in [1.165, 1.54) is 0 Å². The molecular formula is C15H20BrNO4. The average molecular weight is 358 g/mol. The van der Waals surface area contributed by atoms with E-state index < -0.39 is 11.4 Å². The lowest BCUT2D eigenvalue weighted by molar-refractivity contribution is -0.151. The summed E-state index contributed by atoms with van der Waals surface area (Å²) in [4.78, 5) is 23.5. The minimum absolute atomic E-state index is 0.0427. The van der Waals surface area contributed by atoms with Gasteiger partial charge >= 0.3 is 5.97 Å². The highest BCUT2D eigenvalue weighted by atomic mass is 79.9. The fraction of sp³-hybridized carbons (Fsp3) is 0.467. The number of methoxy groups -OCH3 is 1. The molecular weight excluding hydrogens is 338 g/mol. The van der Waals surface area contributed by atoms with Gasteiger partial charge in [0.15, 0.2) is 0 Å². The van der Waals surface area contributed by atoms with Gasteiger partial charge < -0.3 is 15.2 Å². The Hall–Kier alpha value is -1.56. The lowest BCUT2D eigenvalue weighted by Gasteiger charge is -2.25. The summed E-state index contributed by atoms with van der Waals surface area (Å²) < 4.78 is 5.84. The third-order valence-electron chi connectivity index (χ3n) is 3.74. The molecule has 0 radical (unpaired) electrons. The molecule has 0 unspecified atom stereocenters. The van der Waals surface area contributed by atoms with Gasteiger partial charge in [-0.2, -0.15) is 0 Å². The average Bonchev–Trinajstić information content (AvgIpc) is 2.44. The Labute approximate surface area is 132 Å². The van der Waals surface area contributed by atoms with Crippen LogP contribution in [-0.2, 0) is 9.59 Å². The molecule has 5 nitrogen and oxygen atoms in total. The van der Waals surface area contributed by atoms with Crippen molar-refractivity contribution in [2.45, 2.75) is 33.1 Å². The molecule has 21 heavy (non-hydrogen) atoms. The molecule has 6 heteroatoms. The van der Waals surface area contributed by atoms with Crippen molar-refractivity contribution >= 4 is 33.5 Å². The van der Waals surface area contributed by atoms with Crippen LogP contribution in [0.4, 0.5) is 5.69 Å². The van der Waals surface area contributed by atoms with Gasteiger partial charge in [0, 0.05) is 12.1 Å². The van der Waals surface area contributed by atoms with Gasteiger partial charge in [-0.3, -0.25) is 9.59 Å². The fourth-order valence-electron chi connectivity index (χ4n) is 2.13. The number of carboxylic acid groups (broad SMARTS) is 1. The minimum atomic E-state index is -1.01. The van der Waals surface area contributed by atoms with Crippen LogP contribution >= 0.6 is 15.9 Å². The number of carboxylic acids is 1. The number of anilines is 1. The first-order valence-corrected chi connectivity index (χ1v) is 7.54. The number of ether oxygens (including phenoxy) is 1. The number of nitrogens with one attached hydrogen (secondary N) is 1. The molecule has 0 atom stereocenters. The lowest BCUT2D eigenvalue weighted by Crippen LogP contribution is -2.34. The quantitative estimate of drug-likeness (QED) is 0.780. The molecule has 1 aromatic rings. The Morgan fingerprint density at radius 3 is 2.38 bits per heavy atom. The van der Waals surface area contributed by atoms with Crippen molar-refractivity contribution in [3.8, 4) is 5.75 Å². The van der Waals surface area contributed by atoms with Gasteiger partial charge in [0.1, 0.15) is 5.75 Å². The third-order valence-corrected chi connectivity index (χ3v) is 4.36. The van der Waals surface area contributed by atoms with E-state index in [2.05, 4.69) is 21.2 Å². The van der Waals surface area contributed by atoms with E-state index in [1.807, 2.05) is 0 Å². The largest absolute Gasteiger partial charge is 0.496 e. The standard InChI is InChI=1S/C15H20BrNO4/c1-4-15(5-2,14(19)20)9-13(18)17-10-6-7-12(21-3)11(16)8-10/h6-8H,4-5,9H2,1-3H3,(H,17,18)(H,19,20). The molecule has 1 aromatic carbocycles. The number of carbonyl (C=O) groups is 2. The van der Waals surface area contributed by atoms with Crippen molar-refractivity contribution in [2.75, 3.05) is 12.4 Å². The van der Waals surface area contributed by atoms with Gasteiger partial charge in [0.2, 0.25) is 5.91 Å². The zero-order chi connectivity index (χ0) is 16.0. The summed E-state index contributed by atoms with van der Waals surface area (Å²) in [7, 11) is 1.56. The fourth-order valence-corrected chi connectivity index (χ4v) is 2.68. The maximum atomic E-state index is 12.1. The van der Waals surface area contributed by atoms with Crippen molar-refractivity contribution in [2.24, 2.45) is 5.41 Å². The van der Waals surface area contributed by atoms with Crippen LogP contribution in [0.15, 0.2) is 22.7 Å². The van der Waals surface area contributed by atoms with Gasteiger partial charge in [-0.1, -0.05) is 13.8 Å². The SMILES string of the molecule is CCC(CC)(CC(=O)Nc1ccc(OC)c(Br)c1)C(=O)O. The molecule has 0 heterocycles. The molecule has 116 valence electrons. The van der Waals surface area contributed by atoms with Crippen LogP contribution in [0.3, 0.4) is 0 Å². The van der Waals surface area contributed by atoms with E-state index in [9.17, 15) is 14.7 Å². The second-order valence-electron chi connectivity index (χ2n) is 4.87. The Balaban J connectivity index is 2.81. The number of carbonyl (C=O) groups excluding carboxylic acids is 1. The summed E-state index contributed by atoms with van der Waals surface area (Å²) in [5.74, 6) is -0.577. The molecule has 0 saturated heterocycles. The van der Waals surface area contributed by atoms with E-state index in [0.717, 1.165) is 4.47 Å². The van der Waals surface area contributed by atoms with Crippen LogP contribution in [0.2, 0.25) is 0 Å². The highest BCUT2D eigenvalue weighted by molar-refractivity contribution is 9.10. The van der Waals surface area contributed by atoms with Crippen LogP contribution < -0.4 is 10.1 Å². The van der Waals surface area contributed by atoms with E-state index in [1.54, 1.807) is 39.2 Å². The van der Waals surface area contributed by atoms with Gasteiger partial charge in [-0.15, -0.1) is 0 Å². The van der Waals surface area contributed by atoms with E-state index in [-0.39, 0.29) is 12.3 Å². The maximum absolute atomic E-state index is 12.1. The summed E-state index contributed by atoms with van der Waals surface area (Å²) in [5, 5.41) is 12.1. The Morgan fingerprint density at radius 1 is 1.33 bits per heavy atom. The van der Waals surface area contributed by atoms with E-state index in [0.29, 0.717) is 24.3 Å². The van der Waals surface area contributed by atoms with Crippen molar-refractivity contribution in [3.05, 3.63) is 22.7 Å². The van der Waals surface area contributed by atoms with E-state index >= 15 is 0 Å². The maximum Gasteiger partial charge on any atom is 0.310 e. The molecule has 0 aliphatic carbocycles. The summed E-state index contributed by atoms with van der Waals surface area (Å²) in [5.41, 5.74) is -0.410. The third kappa shape index (κ3) is 4.20. The Bertz CT molecular complexity index is 526. The smallest absolute Gasteiger partial charge is 0.310 e. The summed E-state index contributed by atoms with van der Waals surface area (Å²) >= 11 is 3.34. The highest BCUT2D eigenvalue weighted by Gasteiger charge is 2.37. The topological polar surface area (TPSA) is 75.6 Å². The van der Waals surface area contributed by atoms with Crippen LogP contribution in [0, 0.1) is 5.41 Å². The molecule has 0 aliphatic rings. The molecule has 0 aliphatic heterocycles. The highest BCUT2D eigenvalue weighted by Crippen LogP contribution is 2.32. The molecule has 0 bridgehead atoms. The Morgan fingerprint density at radius 2 is 1.95 bits per heavy atom. The summed E-state index contributed by atoms with van der Waals surface area (Å²) in [6.07, 6.45) is 0.788. The minimum Gasteiger partial charge on any atom is -0.496 e. The van der Waals surface area contributed by atoms with Crippen molar-refractivity contribution in [1.82, 2.24) is 0 Å². The number of benzene rings is 1. The predicted octanol–water partition coefficient (Wildman–Crippen LogP) is 3.68. The molecule has 2 N–H and O–H groups in total. The van der Waals surface area contributed by atoms with Crippen LogP contribution in [-0.4, -0.2) is 24.1 Å². The van der Waals surface area contributed by atoms with E-state index in [4.69, 9.17) is 4.74 Å². The van der Waals surface area contributed by atoms with Crippen molar-refractivity contribution in [1.29, 1.82) is 0 Å². The molecule has 0 saturated carbocycles. The zero-order valence-corrected chi connectivity index (χ0v) is 14.0. The first-order chi connectivity index (χ1) is 9.88. The zero-order valence-electron chi connectivity index (χ0n) is 12.4. The first-order valence-electron chi connectivity index (χ1n) is 6.75. The Kier molecular flexibility index (Phi) is 6.20. The van der Waals surface area contributed by atoms with Gasteiger partial charge in [0.05, 0.1) is 17.0 Å².